The number of nitrogens with one attached hydrogen (secondary N) is 2. The van der Waals surface area contributed by atoms with Gasteiger partial charge in [-0.25, -0.2) is 17.9 Å². The third-order valence-electron chi connectivity index (χ3n) is 2.16. The molecule has 0 heterocycles. The molecule has 0 saturated heterocycles. The Kier molecular flexibility index (Phi) is 4.18. The number of sulfonamides is 1. The molecule has 0 saturated carbocycles. The van der Waals surface area contributed by atoms with Crippen molar-refractivity contribution in [1.29, 1.82) is 0 Å². The summed E-state index contributed by atoms with van der Waals surface area (Å²) in [6.45, 7) is 5.08. The van der Waals surface area contributed by atoms with Crippen LogP contribution in [0.25, 0.3) is 0 Å². The lowest BCUT2D eigenvalue weighted by atomic mass is 10.2. The fourth-order valence-corrected chi connectivity index (χ4v) is 2.78. The van der Waals surface area contributed by atoms with E-state index in [0.29, 0.717) is 5.56 Å². The summed E-state index contributed by atoms with van der Waals surface area (Å²) in [5, 5.41) is 2.44. The first-order valence-corrected chi connectivity index (χ1v) is 6.90. The van der Waals surface area contributed by atoms with Gasteiger partial charge in [0, 0.05) is 6.04 Å². The molecule has 100 valence electrons. The number of nitrogens with two attached hydrogens (primary N) is 1. The average Bonchev–Trinajstić information content (AvgIpc) is 2.13. The van der Waals surface area contributed by atoms with Crippen LogP contribution < -0.4 is 15.8 Å². The molecule has 0 unspecified atom stereocenters. The third kappa shape index (κ3) is 3.36. The standard InChI is InChI=1S/C11H17N3O3S/c1-7(2)13-11(15)14-18(16,17)10-8(3)5-4-6-9(10)12/h4-7H,12H2,1-3H3,(H2,13,14,15). The van der Waals surface area contributed by atoms with Crippen LogP contribution >= 0.6 is 0 Å². The predicted molar refractivity (Wildman–Crippen MR) is 69.6 cm³/mol. The summed E-state index contributed by atoms with van der Waals surface area (Å²) >= 11 is 0. The molecule has 0 aromatic heterocycles. The lowest BCUT2D eigenvalue weighted by Crippen LogP contribution is -2.42. The van der Waals surface area contributed by atoms with Gasteiger partial charge in [0.25, 0.3) is 10.0 Å². The zero-order chi connectivity index (χ0) is 13.9. The minimum Gasteiger partial charge on any atom is -0.398 e. The zero-order valence-electron chi connectivity index (χ0n) is 10.5. The fourth-order valence-electron chi connectivity index (χ4n) is 1.51. The number of carbonyl (C=O) groups excluding carboxylic acids is 1. The Bertz CT molecular complexity index is 532. The molecule has 0 aliphatic carbocycles. The van der Waals surface area contributed by atoms with Crippen molar-refractivity contribution in [3.63, 3.8) is 0 Å². The summed E-state index contributed by atoms with van der Waals surface area (Å²) in [5.41, 5.74) is 6.23. The van der Waals surface area contributed by atoms with E-state index in [2.05, 4.69) is 5.32 Å². The second-order valence-corrected chi connectivity index (χ2v) is 5.85. The van der Waals surface area contributed by atoms with Crippen LogP contribution in [0.1, 0.15) is 19.4 Å². The summed E-state index contributed by atoms with van der Waals surface area (Å²) in [6.07, 6.45) is 0. The van der Waals surface area contributed by atoms with Crippen molar-refractivity contribution in [2.75, 3.05) is 5.73 Å². The van der Waals surface area contributed by atoms with Gasteiger partial charge in [-0.1, -0.05) is 12.1 Å². The number of nitrogen functional groups attached to an aromatic ring is 1. The molecule has 7 heteroatoms. The first kappa shape index (κ1) is 14.3. The molecular formula is C11H17N3O3S. The van der Waals surface area contributed by atoms with Gasteiger partial charge in [-0.15, -0.1) is 0 Å². The Morgan fingerprint density at radius 3 is 2.44 bits per heavy atom. The van der Waals surface area contributed by atoms with E-state index < -0.39 is 16.1 Å². The van der Waals surface area contributed by atoms with Crippen LogP contribution in [0.2, 0.25) is 0 Å². The highest BCUT2D eigenvalue weighted by atomic mass is 32.2. The molecule has 0 aliphatic rings. The summed E-state index contributed by atoms with van der Waals surface area (Å²) in [6, 6.07) is 3.81. The van der Waals surface area contributed by atoms with Crippen molar-refractivity contribution in [2.24, 2.45) is 0 Å². The van der Waals surface area contributed by atoms with Gasteiger partial charge < -0.3 is 11.1 Å². The second kappa shape index (κ2) is 5.26. The maximum atomic E-state index is 12.0. The number of rotatable bonds is 3. The maximum Gasteiger partial charge on any atom is 0.328 e. The molecule has 1 rings (SSSR count). The van der Waals surface area contributed by atoms with Crippen LogP contribution in [0.5, 0.6) is 0 Å². The molecule has 0 aliphatic heterocycles. The summed E-state index contributed by atoms with van der Waals surface area (Å²) < 4.78 is 26.0. The van der Waals surface area contributed by atoms with Gasteiger partial charge in [-0.2, -0.15) is 0 Å². The molecular weight excluding hydrogens is 254 g/mol. The number of hydrogen-bond donors (Lipinski definition) is 3. The van der Waals surface area contributed by atoms with Crippen molar-refractivity contribution in [1.82, 2.24) is 10.0 Å². The number of anilines is 1. The van der Waals surface area contributed by atoms with Gasteiger partial charge in [0.15, 0.2) is 0 Å². The van der Waals surface area contributed by atoms with Crippen molar-refractivity contribution >= 4 is 21.7 Å². The lowest BCUT2D eigenvalue weighted by Gasteiger charge is -2.13. The van der Waals surface area contributed by atoms with Crippen molar-refractivity contribution in [3.05, 3.63) is 23.8 Å². The quantitative estimate of drug-likeness (QED) is 0.713. The van der Waals surface area contributed by atoms with Crippen LogP contribution in [-0.4, -0.2) is 20.5 Å². The maximum absolute atomic E-state index is 12.0. The number of aryl methyl sites for hydroxylation is 1. The van der Waals surface area contributed by atoms with E-state index in [1.54, 1.807) is 32.9 Å². The molecule has 0 spiro atoms. The molecule has 6 nitrogen and oxygen atoms in total. The topological polar surface area (TPSA) is 101 Å². The van der Waals surface area contributed by atoms with E-state index in [1.165, 1.54) is 6.07 Å². The van der Waals surface area contributed by atoms with E-state index >= 15 is 0 Å². The first-order chi connectivity index (χ1) is 8.24. The van der Waals surface area contributed by atoms with E-state index in [4.69, 9.17) is 5.73 Å². The van der Waals surface area contributed by atoms with E-state index in [-0.39, 0.29) is 16.6 Å². The highest BCUT2D eigenvalue weighted by Crippen LogP contribution is 2.21. The Balaban J connectivity index is 3.04. The monoisotopic (exact) mass is 271 g/mol. The Morgan fingerprint density at radius 1 is 1.33 bits per heavy atom. The van der Waals surface area contributed by atoms with Crippen molar-refractivity contribution in [3.8, 4) is 0 Å². The van der Waals surface area contributed by atoms with Gasteiger partial charge in [0.1, 0.15) is 4.90 Å². The predicted octanol–water partition coefficient (Wildman–Crippen LogP) is 0.974. The third-order valence-corrected chi connectivity index (χ3v) is 3.71. The van der Waals surface area contributed by atoms with Crippen LogP contribution in [0, 0.1) is 6.92 Å². The number of carbonyl (C=O) groups is 1. The van der Waals surface area contributed by atoms with E-state index in [0.717, 1.165) is 0 Å². The normalized spacial score (nSPS) is 11.3. The highest BCUT2D eigenvalue weighted by molar-refractivity contribution is 7.90. The lowest BCUT2D eigenvalue weighted by molar-refractivity contribution is 0.243. The molecule has 1 aromatic carbocycles. The molecule has 2 amide bonds. The number of benzene rings is 1. The molecule has 0 fully saturated rings. The Hall–Kier alpha value is -1.76. The summed E-state index contributed by atoms with van der Waals surface area (Å²) in [7, 11) is -3.95. The van der Waals surface area contributed by atoms with Crippen LogP contribution in [0.4, 0.5) is 10.5 Å². The first-order valence-electron chi connectivity index (χ1n) is 5.42. The van der Waals surface area contributed by atoms with Crippen LogP contribution in [0.15, 0.2) is 23.1 Å². The van der Waals surface area contributed by atoms with Gasteiger partial charge in [-0.3, -0.25) is 0 Å². The number of amides is 2. The fraction of sp³-hybridized carbons (Fsp3) is 0.364. The summed E-state index contributed by atoms with van der Waals surface area (Å²) in [4.78, 5) is 11.4. The molecule has 0 radical (unpaired) electrons. The molecule has 4 N–H and O–H groups in total. The smallest absolute Gasteiger partial charge is 0.328 e. The van der Waals surface area contributed by atoms with Crippen molar-refractivity contribution < 1.29 is 13.2 Å². The van der Waals surface area contributed by atoms with Crippen molar-refractivity contribution in [2.45, 2.75) is 31.7 Å². The summed E-state index contributed by atoms with van der Waals surface area (Å²) in [5.74, 6) is 0. The minimum absolute atomic E-state index is 0.0658. The molecule has 0 bridgehead atoms. The minimum atomic E-state index is -3.95. The van der Waals surface area contributed by atoms with Gasteiger partial charge in [0.2, 0.25) is 0 Å². The molecule has 0 atom stereocenters. The molecule has 18 heavy (non-hydrogen) atoms. The van der Waals surface area contributed by atoms with Crippen LogP contribution in [0.3, 0.4) is 0 Å². The number of urea groups is 1. The SMILES string of the molecule is Cc1cccc(N)c1S(=O)(=O)NC(=O)NC(C)C. The van der Waals surface area contributed by atoms with E-state index in [9.17, 15) is 13.2 Å². The largest absolute Gasteiger partial charge is 0.398 e. The second-order valence-electron chi connectivity index (χ2n) is 4.23. The van der Waals surface area contributed by atoms with Gasteiger partial charge in [-0.05, 0) is 32.4 Å². The molecule has 1 aromatic rings. The number of hydrogen-bond acceptors (Lipinski definition) is 4. The zero-order valence-corrected chi connectivity index (χ0v) is 11.3. The van der Waals surface area contributed by atoms with Crippen LogP contribution in [-0.2, 0) is 10.0 Å². The average molecular weight is 271 g/mol. The Morgan fingerprint density at radius 2 is 1.94 bits per heavy atom. The van der Waals surface area contributed by atoms with Gasteiger partial charge in [0.05, 0.1) is 5.69 Å². The van der Waals surface area contributed by atoms with Gasteiger partial charge >= 0.3 is 6.03 Å². The Labute approximate surface area is 107 Å². The van der Waals surface area contributed by atoms with E-state index in [1.807, 2.05) is 4.72 Å². The highest BCUT2D eigenvalue weighted by Gasteiger charge is 2.22.